The van der Waals surface area contributed by atoms with E-state index in [1.807, 2.05) is 12.4 Å². The maximum absolute atomic E-state index is 13.0. The highest BCUT2D eigenvalue weighted by Crippen LogP contribution is 2.27. The lowest BCUT2D eigenvalue weighted by atomic mass is 10.2. The Balaban J connectivity index is 1.75. The van der Waals surface area contributed by atoms with Crippen LogP contribution in [0.2, 0.25) is 0 Å². The fraction of sp³-hybridized carbons (Fsp3) is 0.294. The van der Waals surface area contributed by atoms with Crippen molar-refractivity contribution < 1.29 is 9.13 Å². The quantitative estimate of drug-likeness (QED) is 0.736. The van der Waals surface area contributed by atoms with Crippen LogP contribution in [0.5, 0.6) is 5.88 Å². The number of hydrogen-bond donors (Lipinski definition) is 1. The molecule has 7 heteroatoms. The molecule has 0 aliphatic heterocycles. The number of halogens is 1. The zero-order valence-electron chi connectivity index (χ0n) is 13.8. The molecule has 24 heavy (non-hydrogen) atoms. The van der Waals surface area contributed by atoms with Crippen molar-refractivity contribution in [3.63, 3.8) is 0 Å². The summed E-state index contributed by atoms with van der Waals surface area (Å²) in [7, 11) is 3.52. The Morgan fingerprint density at radius 3 is 2.71 bits per heavy atom. The molecule has 126 valence electrons. The molecule has 2 aromatic heterocycles. The summed E-state index contributed by atoms with van der Waals surface area (Å²) >= 11 is 1.52. The number of aryl methyl sites for hydroxylation is 2. The fourth-order valence-corrected chi connectivity index (χ4v) is 3.31. The van der Waals surface area contributed by atoms with Crippen LogP contribution in [0.15, 0.2) is 29.6 Å². The number of hydrogen-bond acceptors (Lipinski definition) is 5. The van der Waals surface area contributed by atoms with Gasteiger partial charge >= 0.3 is 0 Å². The van der Waals surface area contributed by atoms with Crippen molar-refractivity contribution in [1.29, 1.82) is 0 Å². The lowest BCUT2D eigenvalue weighted by Crippen LogP contribution is -2.03. The first kappa shape index (κ1) is 16.4. The average Bonchev–Trinajstić information content (AvgIpc) is 3.17. The maximum Gasteiger partial charge on any atom is 0.216 e. The van der Waals surface area contributed by atoms with E-state index in [4.69, 9.17) is 4.74 Å². The van der Waals surface area contributed by atoms with Gasteiger partial charge in [-0.2, -0.15) is 5.10 Å². The molecule has 3 aromatic rings. The second kappa shape index (κ2) is 7.00. The number of nitrogens with zero attached hydrogens (tertiary/aromatic N) is 3. The predicted molar refractivity (Wildman–Crippen MR) is 94.0 cm³/mol. The number of benzene rings is 1. The summed E-state index contributed by atoms with van der Waals surface area (Å²) in [6.07, 6.45) is 0.840. The van der Waals surface area contributed by atoms with Crippen molar-refractivity contribution in [1.82, 2.24) is 14.8 Å². The van der Waals surface area contributed by atoms with E-state index in [1.165, 1.54) is 23.5 Å². The molecule has 1 N–H and O–H groups in total. The highest BCUT2D eigenvalue weighted by Gasteiger charge is 2.16. The number of methoxy groups -OCH3 is 1. The second-order valence-electron chi connectivity index (χ2n) is 5.31. The Morgan fingerprint density at radius 1 is 1.29 bits per heavy atom. The Labute approximate surface area is 144 Å². The lowest BCUT2D eigenvalue weighted by molar-refractivity contribution is 0.370. The van der Waals surface area contributed by atoms with E-state index in [-0.39, 0.29) is 5.82 Å². The standard InChI is InChI=1S/C17H19FN4OS/c1-4-14-13(16(23-3)22(2)21-14)9-19-17-20-15(10-24-17)11-5-7-12(18)8-6-11/h5-8,10H,4,9H2,1-3H3,(H,19,20). The number of rotatable bonds is 6. The molecular weight excluding hydrogens is 327 g/mol. The fourth-order valence-electron chi connectivity index (χ4n) is 2.59. The molecule has 0 saturated heterocycles. The van der Waals surface area contributed by atoms with Gasteiger partial charge in [-0.3, -0.25) is 0 Å². The van der Waals surface area contributed by atoms with E-state index in [2.05, 4.69) is 22.3 Å². The number of aromatic nitrogens is 3. The van der Waals surface area contributed by atoms with E-state index < -0.39 is 0 Å². The lowest BCUT2D eigenvalue weighted by Gasteiger charge is -2.06. The van der Waals surface area contributed by atoms with E-state index >= 15 is 0 Å². The van der Waals surface area contributed by atoms with E-state index in [0.717, 1.165) is 39.9 Å². The number of thiazole rings is 1. The second-order valence-corrected chi connectivity index (χ2v) is 6.17. The van der Waals surface area contributed by atoms with Gasteiger partial charge < -0.3 is 10.1 Å². The van der Waals surface area contributed by atoms with Crippen molar-refractivity contribution in [2.45, 2.75) is 19.9 Å². The number of ether oxygens (including phenoxy) is 1. The molecule has 0 atom stereocenters. The SMILES string of the molecule is CCc1nn(C)c(OC)c1CNc1nc(-c2ccc(F)cc2)cs1. The topological polar surface area (TPSA) is 52.0 Å². The molecule has 5 nitrogen and oxygen atoms in total. The summed E-state index contributed by atoms with van der Waals surface area (Å²) in [6, 6.07) is 6.34. The first-order chi connectivity index (χ1) is 11.6. The minimum absolute atomic E-state index is 0.247. The molecule has 3 rings (SSSR count). The van der Waals surface area contributed by atoms with Crippen molar-refractivity contribution in [3.8, 4) is 17.1 Å². The first-order valence-corrected chi connectivity index (χ1v) is 8.54. The molecule has 0 amide bonds. The molecule has 0 radical (unpaired) electrons. The van der Waals surface area contributed by atoms with Gasteiger partial charge in [0.1, 0.15) is 5.82 Å². The minimum Gasteiger partial charge on any atom is -0.481 e. The third-order valence-electron chi connectivity index (χ3n) is 3.76. The van der Waals surface area contributed by atoms with Crippen LogP contribution in [0.1, 0.15) is 18.2 Å². The molecule has 0 unspecified atom stereocenters. The summed E-state index contributed by atoms with van der Waals surface area (Å²) in [5.41, 5.74) is 3.78. The summed E-state index contributed by atoms with van der Waals surface area (Å²) in [5, 5.41) is 10.6. The summed E-state index contributed by atoms with van der Waals surface area (Å²) < 4.78 is 20.2. The minimum atomic E-state index is -0.247. The smallest absolute Gasteiger partial charge is 0.216 e. The van der Waals surface area contributed by atoms with Crippen LogP contribution < -0.4 is 10.1 Å². The maximum atomic E-state index is 13.0. The molecule has 0 spiro atoms. The van der Waals surface area contributed by atoms with Crippen LogP contribution in [-0.4, -0.2) is 21.9 Å². The number of nitrogens with one attached hydrogen (secondary N) is 1. The number of anilines is 1. The van der Waals surface area contributed by atoms with E-state index in [9.17, 15) is 4.39 Å². The normalized spacial score (nSPS) is 10.8. The molecule has 0 aliphatic carbocycles. The first-order valence-electron chi connectivity index (χ1n) is 7.66. The molecule has 0 bridgehead atoms. The van der Waals surface area contributed by atoms with Crippen molar-refractivity contribution in [2.75, 3.05) is 12.4 Å². The van der Waals surface area contributed by atoms with Crippen LogP contribution in [-0.2, 0) is 20.0 Å². The summed E-state index contributed by atoms with van der Waals surface area (Å²) in [4.78, 5) is 4.56. The third-order valence-corrected chi connectivity index (χ3v) is 4.56. The van der Waals surface area contributed by atoms with Gasteiger partial charge in [0, 0.05) is 24.5 Å². The molecule has 2 heterocycles. The van der Waals surface area contributed by atoms with Crippen molar-refractivity contribution in [3.05, 3.63) is 46.7 Å². The van der Waals surface area contributed by atoms with Gasteiger partial charge in [0.25, 0.3) is 0 Å². The van der Waals surface area contributed by atoms with Crippen LogP contribution in [0.25, 0.3) is 11.3 Å². The highest BCUT2D eigenvalue weighted by atomic mass is 32.1. The summed E-state index contributed by atoms with van der Waals surface area (Å²) in [5.74, 6) is 0.512. The molecular formula is C17H19FN4OS. The van der Waals surface area contributed by atoms with E-state index in [0.29, 0.717) is 6.54 Å². The summed E-state index contributed by atoms with van der Waals surface area (Å²) in [6.45, 7) is 2.66. The van der Waals surface area contributed by atoms with Gasteiger partial charge in [0.05, 0.1) is 24.1 Å². The van der Waals surface area contributed by atoms with Crippen molar-refractivity contribution >= 4 is 16.5 Å². The van der Waals surface area contributed by atoms with Gasteiger partial charge in [-0.15, -0.1) is 11.3 Å². The van der Waals surface area contributed by atoms with Crippen LogP contribution in [0.3, 0.4) is 0 Å². The Morgan fingerprint density at radius 2 is 2.04 bits per heavy atom. The predicted octanol–water partition coefficient (Wildman–Crippen LogP) is 3.87. The molecule has 1 aromatic carbocycles. The zero-order valence-corrected chi connectivity index (χ0v) is 14.7. The third kappa shape index (κ3) is 3.26. The zero-order chi connectivity index (χ0) is 17.1. The van der Waals surface area contributed by atoms with Gasteiger partial charge in [0.15, 0.2) is 5.13 Å². The molecule has 0 saturated carbocycles. The largest absolute Gasteiger partial charge is 0.481 e. The molecule has 0 fully saturated rings. The highest BCUT2D eigenvalue weighted by molar-refractivity contribution is 7.14. The van der Waals surface area contributed by atoms with Crippen molar-refractivity contribution in [2.24, 2.45) is 7.05 Å². The Hall–Kier alpha value is -2.41. The van der Waals surface area contributed by atoms with Crippen LogP contribution in [0, 0.1) is 5.82 Å². The monoisotopic (exact) mass is 346 g/mol. The molecule has 0 aliphatic rings. The van der Waals surface area contributed by atoms with Gasteiger partial charge in [0.2, 0.25) is 5.88 Å². The van der Waals surface area contributed by atoms with E-state index in [1.54, 1.807) is 23.9 Å². The Kier molecular flexibility index (Phi) is 4.80. The van der Waals surface area contributed by atoms with Gasteiger partial charge in [-0.25, -0.2) is 14.1 Å². The van der Waals surface area contributed by atoms with Crippen LogP contribution >= 0.6 is 11.3 Å². The Bertz CT molecular complexity index is 826. The van der Waals surface area contributed by atoms with Crippen LogP contribution in [0.4, 0.5) is 9.52 Å². The average molecular weight is 346 g/mol. The van der Waals surface area contributed by atoms with Gasteiger partial charge in [-0.05, 0) is 30.7 Å². The van der Waals surface area contributed by atoms with Gasteiger partial charge in [-0.1, -0.05) is 6.92 Å².